The van der Waals surface area contributed by atoms with Gasteiger partial charge in [0.25, 0.3) is 5.91 Å². The number of ether oxygens (including phenoxy) is 2. The molecular formula is C33H30F3N7O6. The number of alkyl halides is 3. The molecule has 2 aliphatic heterocycles. The van der Waals surface area contributed by atoms with Crippen molar-refractivity contribution in [1.82, 2.24) is 20.2 Å². The zero-order chi connectivity index (χ0) is 35.2. The maximum Gasteiger partial charge on any atom is 0.417 e. The second kappa shape index (κ2) is 12.6. The van der Waals surface area contributed by atoms with Crippen molar-refractivity contribution in [3.63, 3.8) is 0 Å². The van der Waals surface area contributed by atoms with E-state index in [0.29, 0.717) is 39.4 Å². The fourth-order valence-electron chi connectivity index (χ4n) is 5.92. The van der Waals surface area contributed by atoms with Crippen molar-refractivity contribution in [2.75, 3.05) is 23.5 Å². The van der Waals surface area contributed by atoms with Crippen LogP contribution in [-0.2, 0) is 22.3 Å². The second-order valence-electron chi connectivity index (χ2n) is 11.6. The summed E-state index contributed by atoms with van der Waals surface area (Å²) in [4.78, 5) is 60.6. The van der Waals surface area contributed by atoms with E-state index in [-0.39, 0.29) is 42.1 Å². The highest BCUT2D eigenvalue weighted by molar-refractivity contribution is 6.06. The minimum Gasteiger partial charge on any atom is -0.493 e. The fraction of sp³-hybridized carbons (Fsp3) is 0.273. The summed E-state index contributed by atoms with van der Waals surface area (Å²) in [5, 5.41) is 8.48. The number of anilines is 3. The maximum absolute atomic E-state index is 13.4. The van der Waals surface area contributed by atoms with Crippen molar-refractivity contribution in [2.45, 2.75) is 51.5 Å². The van der Waals surface area contributed by atoms with Gasteiger partial charge in [0.1, 0.15) is 17.7 Å². The number of carbonyl (C=O) groups is 4. The lowest BCUT2D eigenvalue weighted by molar-refractivity contribution is -0.138. The van der Waals surface area contributed by atoms with Crippen LogP contribution < -0.4 is 31.2 Å². The quantitative estimate of drug-likeness (QED) is 0.152. The Bertz CT molecular complexity index is 2040. The number of nitrogens with two attached hydrogens (primary N) is 1. The summed E-state index contributed by atoms with van der Waals surface area (Å²) in [5.74, 6) is -0.591. The lowest BCUT2D eigenvalue weighted by Crippen LogP contribution is -2.52. The number of methoxy groups -OCH3 is 1. The van der Waals surface area contributed by atoms with Crippen LogP contribution in [0.3, 0.4) is 0 Å². The van der Waals surface area contributed by atoms with Crippen molar-refractivity contribution >= 4 is 51.9 Å². The zero-order valence-electron chi connectivity index (χ0n) is 26.4. The predicted molar refractivity (Wildman–Crippen MR) is 171 cm³/mol. The van der Waals surface area contributed by atoms with Crippen LogP contribution in [0.5, 0.6) is 11.5 Å². The van der Waals surface area contributed by atoms with E-state index >= 15 is 0 Å². The number of rotatable bonds is 7. The lowest BCUT2D eigenvalue weighted by atomic mass is 10.0. The van der Waals surface area contributed by atoms with Gasteiger partial charge in [-0.3, -0.25) is 25.0 Å². The molecule has 49 heavy (non-hydrogen) atoms. The number of nitrogen functional groups attached to an aromatic ring is 1. The Balaban J connectivity index is 1.23. The Labute approximate surface area is 277 Å². The van der Waals surface area contributed by atoms with E-state index < -0.39 is 47.6 Å². The molecule has 3 aromatic carbocycles. The van der Waals surface area contributed by atoms with Gasteiger partial charge in [-0.05, 0) is 62.2 Å². The van der Waals surface area contributed by atoms with Crippen molar-refractivity contribution in [2.24, 2.45) is 0 Å². The SMILES string of the molecule is COc1cc2c(N[C@H](C)c3cc(N)cc(C(F)(F)F)c3)nc(C)nc2cc1OC(=O)Nc1cccc2c1CN(C1CCC(=O)NC1=O)C2=O. The number of carbonyl (C=O) groups excluding carboxylic acids is 4. The average Bonchev–Trinajstić information content (AvgIpc) is 3.36. The number of hydrogen-bond acceptors (Lipinski definition) is 10. The Morgan fingerprint density at radius 2 is 1.88 bits per heavy atom. The summed E-state index contributed by atoms with van der Waals surface area (Å²) in [6, 6.07) is 9.60. The monoisotopic (exact) mass is 677 g/mol. The van der Waals surface area contributed by atoms with Gasteiger partial charge in [-0.2, -0.15) is 13.2 Å². The third-order valence-electron chi connectivity index (χ3n) is 8.27. The molecule has 1 fully saturated rings. The molecule has 6 rings (SSSR count). The molecule has 16 heteroatoms. The number of amides is 4. The number of imide groups is 1. The van der Waals surface area contributed by atoms with Gasteiger partial charge in [-0.15, -0.1) is 0 Å². The summed E-state index contributed by atoms with van der Waals surface area (Å²) in [6.07, 6.45) is -5.19. The molecule has 0 radical (unpaired) electrons. The third kappa shape index (κ3) is 6.61. The maximum atomic E-state index is 13.4. The van der Waals surface area contributed by atoms with Gasteiger partial charge < -0.3 is 25.4 Å². The van der Waals surface area contributed by atoms with Gasteiger partial charge in [-0.25, -0.2) is 14.8 Å². The Hall–Kier alpha value is -5.93. The molecule has 1 aromatic heterocycles. The molecule has 4 aromatic rings. The minimum atomic E-state index is -4.58. The molecule has 13 nitrogen and oxygen atoms in total. The van der Waals surface area contributed by atoms with E-state index in [2.05, 4.69) is 25.9 Å². The highest BCUT2D eigenvalue weighted by Crippen LogP contribution is 2.38. The Morgan fingerprint density at radius 3 is 2.59 bits per heavy atom. The summed E-state index contributed by atoms with van der Waals surface area (Å²) in [7, 11) is 1.36. The van der Waals surface area contributed by atoms with Crippen LogP contribution >= 0.6 is 0 Å². The highest BCUT2D eigenvalue weighted by Gasteiger charge is 2.40. The summed E-state index contributed by atoms with van der Waals surface area (Å²) < 4.78 is 51.4. The molecular weight excluding hydrogens is 647 g/mol. The number of piperidine rings is 1. The standard InChI is InChI=1S/C33H30F3N7O6/c1-15(17-9-18(33(34,35)36)11-19(37)10-17)38-29-21-12-26(48-3)27(13-24(21)39-16(2)40-29)49-32(47)41-23-6-4-5-20-22(23)14-43(31(20)46)25-7-8-28(44)42-30(25)45/h4-6,9-13,15,25H,7-8,14,37H2,1-3H3,(H,41,47)(H,38,39,40)(H,42,44,45)/t15-,25?/m1/s1. The number of benzene rings is 3. The van der Waals surface area contributed by atoms with Crippen LogP contribution in [-0.4, -0.2) is 51.8 Å². The number of hydrogen-bond donors (Lipinski definition) is 4. The van der Waals surface area contributed by atoms with Crippen molar-refractivity contribution < 1.29 is 41.8 Å². The van der Waals surface area contributed by atoms with E-state index in [1.807, 2.05) is 0 Å². The van der Waals surface area contributed by atoms with E-state index in [9.17, 15) is 32.3 Å². The van der Waals surface area contributed by atoms with Crippen LogP contribution in [0.25, 0.3) is 10.9 Å². The van der Waals surface area contributed by atoms with Crippen LogP contribution in [0, 0.1) is 6.92 Å². The summed E-state index contributed by atoms with van der Waals surface area (Å²) in [6.45, 7) is 3.33. The van der Waals surface area contributed by atoms with Gasteiger partial charge in [0.15, 0.2) is 11.5 Å². The van der Waals surface area contributed by atoms with Gasteiger partial charge in [-0.1, -0.05) is 6.07 Å². The largest absolute Gasteiger partial charge is 0.493 e. The molecule has 0 spiro atoms. The first-order valence-electron chi connectivity index (χ1n) is 15.1. The van der Waals surface area contributed by atoms with Gasteiger partial charge in [0, 0.05) is 46.9 Å². The number of aryl methyl sites for hydroxylation is 1. The highest BCUT2D eigenvalue weighted by atomic mass is 19.4. The molecule has 0 bridgehead atoms. The molecule has 2 aliphatic rings. The topological polar surface area (TPSA) is 178 Å². The van der Waals surface area contributed by atoms with E-state index in [4.69, 9.17) is 15.2 Å². The molecule has 0 saturated carbocycles. The molecule has 4 amide bonds. The summed E-state index contributed by atoms with van der Waals surface area (Å²) in [5.41, 5.74) is 6.56. The van der Waals surface area contributed by atoms with Crippen molar-refractivity contribution in [3.8, 4) is 11.5 Å². The molecule has 1 unspecified atom stereocenters. The number of halogens is 3. The molecule has 5 N–H and O–H groups in total. The van der Waals surface area contributed by atoms with Gasteiger partial charge in [0.05, 0.1) is 24.2 Å². The van der Waals surface area contributed by atoms with E-state index in [0.717, 1.165) is 12.1 Å². The molecule has 254 valence electrons. The van der Waals surface area contributed by atoms with Gasteiger partial charge >= 0.3 is 12.3 Å². The molecule has 3 heterocycles. The number of nitrogens with zero attached hydrogens (tertiary/aromatic N) is 3. The first kappa shape index (κ1) is 33.0. The normalized spacial score (nSPS) is 16.7. The molecule has 1 saturated heterocycles. The number of nitrogens with one attached hydrogen (secondary N) is 3. The lowest BCUT2D eigenvalue weighted by Gasteiger charge is -2.29. The molecule has 2 atom stereocenters. The second-order valence-corrected chi connectivity index (χ2v) is 11.6. The number of aromatic nitrogens is 2. The predicted octanol–water partition coefficient (Wildman–Crippen LogP) is 5.09. The minimum absolute atomic E-state index is 0.00377. The van der Waals surface area contributed by atoms with Crippen LogP contribution in [0.15, 0.2) is 48.5 Å². The summed E-state index contributed by atoms with van der Waals surface area (Å²) >= 11 is 0. The van der Waals surface area contributed by atoms with Crippen LogP contribution in [0.2, 0.25) is 0 Å². The van der Waals surface area contributed by atoms with Crippen LogP contribution in [0.4, 0.5) is 35.2 Å². The first-order valence-corrected chi connectivity index (χ1v) is 15.1. The van der Waals surface area contributed by atoms with Crippen molar-refractivity contribution in [1.29, 1.82) is 0 Å². The number of fused-ring (bicyclic) bond motifs is 2. The van der Waals surface area contributed by atoms with Gasteiger partial charge in [0.2, 0.25) is 11.8 Å². The fourth-order valence-corrected chi connectivity index (χ4v) is 5.92. The first-order chi connectivity index (χ1) is 23.2. The molecule has 0 aliphatic carbocycles. The average molecular weight is 678 g/mol. The van der Waals surface area contributed by atoms with E-state index in [1.54, 1.807) is 32.0 Å². The Morgan fingerprint density at radius 1 is 1.10 bits per heavy atom. The van der Waals surface area contributed by atoms with E-state index in [1.165, 1.54) is 30.2 Å². The smallest absolute Gasteiger partial charge is 0.417 e. The third-order valence-corrected chi connectivity index (χ3v) is 8.27. The Kier molecular flexibility index (Phi) is 8.48. The zero-order valence-corrected chi connectivity index (χ0v) is 26.4. The van der Waals surface area contributed by atoms with Crippen molar-refractivity contribution in [3.05, 3.63) is 76.6 Å². The van der Waals surface area contributed by atoms with Crippen LogP contribution in [0.1, 0.15) is 58.7 Å².